The van der Waals surface area contributed by atoms with Crippen LogP contribution in [0.15, 0.2) is 65.8 Å². The number of hydrogen-bond donors (Lipinski definition) is 1. The zero-order chi connectivity index (χ0) is 16.7. The number of aromatic nitrogens is 4. The van der Waals surface area contributed by atoms with Gasteiger partial charge in [-0.1, -0.05) is 12.1 Å². The molecule has 0 bridgehead atoms. The molecule has 0 saturated heterocycles. The van der Waals surface area contributed by atoms with Crippen molar-refractivity contribution >= 4 is 20.9 Å². The first kappa shape index (κ1) is 14.6. The van der Waals surface area contributed by atoms with Crippen LogP contribution < -0.4 is 0 Å². The highest BCUT2D eigenvalue weighted by Crippen LogP contribution is 2.24. The first-order valence-electron chi connectivity index (χ1n) is 7.31. The molecule has 0 aliphatic rings. The molecule has 6 nitrogen and oxygen atoms in total. The highest BCUT2D eigenvalue weighted by molar-refractivity contribution is 7.90. The van der Waals surface area contributed by atoms with Gasteiger partial charge in [0.2, 0.25) is 0 Å². The molecule has 0 radical (unpaired) electrons. The van der Waals surface area contributed by atoms with Crippen molar-refractivity contribution in [2.45, 2.75) is 4.90 Å². The van der Waals surface area contributed by atoms with E-state index in [2.05, 4.69) is 15.1 Å². The molecule has 2 aromatic carbocycles. The summed E-state index contributed by atoms with van der Waals surface area (Å²) in [6.07, 6.45) is 4.79. The number of rotatable bonds is 3. The average Bonchev–Trinajstić information content (AvgIpc) is 3.23. The monoisotopic (exact) mass is 338 g/mol. The van der Waals surface area contributed by atoms with E-state index in [1.54, 1.807) is 29.1 Å². The smallest absolute Gasteiger partial charge is 0.175 e. The third-order valence-electron chi connectivity index (χ3n) is 3.77. The van der Waals surface area contributed by atoms with E-state index in [4.69, 9.17) is 0 Å². The number of hydrogen-bond acceptors (Lipinski definition) is 4. The maximum absolute atomic E-state index is 11.7. The lowest BCUT2D eigenvalue weighted by Gasteiger charge is -2.03. The van der Waals surface area contributed by atoms with Crippen LogP contribution in [0.25, 0.3) is 28.1 Å². The van der Waals surface area contributed by atoms with E-state index in [0.717, 1.165) is 16.8 Å². The van der Waals surface area contributed by atoms with Crippen LogP contribution in [0.3, 0.4) is 0 Å². The Bertz CT molecular complexity index is 1130. The number of nitrogens with zero attached hydrogens (tertiary/aromatic N) is 3. The van der Waals surface area contributed by atoms with Gasteiger partial charge in [0.25, 0.3) is 0 Å². The number of imidazole rings is 1. The highest BCUT2D eigenvalue weighted by Gasteiger charge is 2.11. The summed E-state index contributed by atoms with van der Waals surface area (Å²) in [6, 6.07) is 14.6. The lowest BCUT2D eigenvalue weighted by atomic mass is 10.2. The van der Waals surface area contributed by atoms with Crippen molar-refractivity contribution in [3.05, 3.63) is 60.9 Å². The number of sulfone groups is 1. The zero-order valence-electron chi connectivity index (χ0n) is 12.8. The first-order chi connectivity index (χ1) is 11.5. The number of fused-ring (bicyclic) bond motifs is 1. The van der Waals surface area contributed by atoms with Crippen molar-refractivity contribution < 1.29 is 8.42 Å². The fourth-order valence-corrected chi connectivity index (χ4v) is 3.22. The minimum absolute atomic E-state index is 0.274. The highest BCUT2D eigenvalue weighted by atomic mass is 32.2. The van der Waals surface area contributed by atoms with E-state index in [-0.39, 0.29) is 4.90 Å². The minimum atomic E-state index is -3.25. The van der Waals surface area contributed by atoms with Gasteiger partial charge in [0, 0.05) is 24.2 Å². The molecule has 0 amide bonds. The number of nitrogens with one attached hydrogen (secondary N) is 1. The molecular formula is C17H14N4O2S. The van der Waals surface area contributed by atoms with Gasteiger partial charge in [0.1, 0.15) is 5.82 Å². The molecule has 0 saturated carbocycles. The molecule has 0 aliphatic carbocycles. The molecule has 4 rings (SSSR count). The van der Waals surface area contributed by atoms with Crippen LogP contribution in [-0.2, 0) is 9.84 Å². The Morgan fingerprint density at radius 3 is 2.71 bits per heavy atom. The molecule has 24 heavy (non-hydrogen) atoms. The molecule has 0 fully saturated rings. The van der Waals surface area contributed by atoms with Crippen molar-refractivity contribution in [1.82, 2.24) is 19.7 Å². The Balaban J connectivity index is 1.81. The topological polar surface area (TPSA) is 80.6 Å². The van der Waals surface area contributed by atoms with Gasteiger partial charge >= 0.3 is 0 Å². The van der Waals surface area contributed by atoms with Gasteiger partial charge in [-0.05, 0) is 36.4 Å². The number of H-pyrrole nitrogens is 1. The summed E-state index contributed by atoms with van der Waals surface area (Å²) >= 11 is 0. The fraction of sp³-hybridized carbons (Fsp3) is 0.0588. The van der Waals surface area contributed by atoms with Crippen LogP contribution >= 0.6 is 0 Å². The summed E-state index contributed by atoms with van der Waals surface area (Å²) in [7, 11) is -3.25. The van der Waals surface area contributed by atoms with Crippen molar-refractivity contribution in [3.63, 3.8) is 0 Å². The van der Waals surface area contributed by atoms with Crippen molar-refractivity contribution in [2.24, 2.45) is 0 Å². The van der Waals surface area contributed by atoms with E-state index < -0.39 is 9.84 Å². The van der Waals surface area contributed by atoms with Crippen LogP contribution in [-0.4, -0.2) is 34.4 Å². The molecule has 7 heteroatoms. The quantitative estimate of drug-likeness (QED) is 0.623. The molecule has 2 heterocycles. The molecule has 1 N–H and O–H groups in total. The van der Waals surface area contributed by atoms with E-state index >= 15 is 0 Å². The third-order valence-corrected chi connectivity index (χ3v) is 4.88. The Labute approximate surface area is 138 Å². The Morgan fingerprint density at radius 1 is 1.08 bits per heavy atom. The van der Waals surface area contributed by atoms with E-state index in [1.165, 1.54) is 6.26 Å². The van der Waals surface area contributed by atoms with Crippen LogP contribution in [0.1, 0.15) is 0 Å². The molecular weight excluding hydrogens is 324 g/mol. The summed E-state index contributed by atoms with van der Waals surface area (Å²) in [4.78, 5) is 8.01. The van der Waals surface area contributed by atoms with Gasteiger partial charge < -0.3 is 4.98 Å². The molecule has 0 atom stereocenters. The predicted octanol–water partition coefficient (Wildman–Crippen LogP) is 2.82. The first-order valence-corrected chi connectivity index (χ1v) is 9.20. The molecule has 120 valence electrons. The Hall–Kier alpha value is -2.93. The van der Waals surface area contributed by atoms with Crippen LogP contribution in [0.4, 0.5) is 0 Å². The molecule has 0 spiro atoms. The van der Waals surface area contributed by atoms with Gasteiger partial charge in [-0.25, -0.2) is 18.1 Å². The zero-order valence-corrected chi connectivity index (χ0v) is 13.7. The maximum atomic E-state index is 11.7. The van der Waals surface area contributed by atoms with E-state index in [0.29, 0.717) is 11.3 Å². The third kappa shape index (κ3) is 2.59. The van der Waals surface area contributed by atoms with Crippen LogP contribution in [0.5, 0.6) is 0 Å². The maximum Gasteiger partial charge on any atom is 0.175 e. The van der Waals surface area contributed by atoms with E-state index in [1.807, 2.05) is 36.5 Å². The SMILES string of the molecule is CS(=O)(=O)c1ccc2nc(-c3cccc(-n4cccn4)c3)[nH]c2c1. The molecule has 0 aliphatic heterocycles. The number of aromatic amines is 1. The van der Waals surface area contributed by atoms with Crippen molar-refractivity contribution in [2.75, 3.05) is 6.26 Å². The lowest BCUT2D eigenvalue weighted by molar-refractivity contribution is 0.602. The molecule has 4 aromatic rings. The molecule has 2 aromatic heterocycles. The minimum Gasteiger partial charge on any atom is -0.338 e. The van der Waals surface area contributed by atoms with Gasteiger partial charge in [-0.3, -0.25) is 0 Å². The second kappa shape index (κ2) is 5.31. The van der Waals surface area contributed by atoms with E-state index in [9.17, 15) is 8.42 Å². The van der Waals surface area contributed by atoms with Gasteiger partial charge in [-0.2, -0.15) is 5.10 Å². The second-order valence-corrected chi connectivity index (χ2v) is 7.55. The van der Waals surface area contributed by atoms with Crippen molar-refractivity contribution in [1.29, 1.82) is 0 Å². The lowest BCUT2D eigenvalue weighted by Crippen LogP contribution is -1.96. The van der Waals surface area contributed by atoms with Gasteiger partial charge in [-0.15, -0.1) is 0 Å². The summed E-state index contributed by atoms with van der Waals surface area (Å²) in [5, 5.41) is 4.22. The van der Waals surface area contributed by atoms with Crippen LogP contribution in [0, 0.1) is 0 Å². The average molecular weight is 338 g/mol. The summed E-state index contributed by atoms with van der Waals surface area (Å²) in [5.41, 5.74) is 3.24. The second-order valence-electron chi connectivity index (χ2n) is 5.54. The van der Waals surface area contributed by atoms with Gasteiger partial charge in [0.15, 0.2) is 9.84 Å². The predicted molar refractivity (Wildman–Crippen MR) is 91.8 cm³/mol. The summed E-state index contributed by atoms with van der Waals surface area (Å²) in [6.45, 7) is 0. The molecule has 0 unspecified atom stereocenters. The normalized spacial score (nSPS) is 11.9. The number of benzene rings is 2. The summed E-state index contributed by atoms with van der Waals surface area (Å²) in [5.74, 6) is 0.685. The largest absolute Gasteiger partial charge is 0.338 e. The van der Waals surface area contributed by atoms with Crippen molar-refractivity contribution in [3.8, 4) is 17.1 Å². The Kier molecular flexibility index (Phi) is 3.24. The van der Waals surface area contributed by atoms with Gasteiger partial charge in [0.05, 0.1) is 21.6 Å². The van der Waals surface area contributed by atoms with Crippen LogP contribution in [0.2, 0.25) is 0 Å². The summed E-state index contributed by atoms with van der Waals surface area (Å²) < 4.78 is 25.1. The Morgan fingerprint density at radius 2 is 1.96 bits per heavy atom. The fourth-order valence-electron chi connectivity index (χ4n) is 2.57. The standard InChI is InChI=1S/C17H14N4O2S/c1-24(22,23)14-6-7-15-16(11-14)20-17(19-15)12-4-2-5-13(10-12)21-9-3-8-18-21/h2-11H,1H3,(H,19,20).